The zero-order chi connectivity index (χ0) is 34.3. The summed E-state index contributed by atoms with van der Waals surface area (Å²) in [6.07, 6.45) is 10.5. The summed E-state index contributed by atoms with van der Waals surface area (Å²) in [6, 6.07) is 33.5. The van der Waals surface area contributed by atoms with Crippen LogP contribution < -0.4 is 15.9 Å². The lowest BCUT2D eigenvalue weighted by atomic mass is 9.87. The Kier molecular flexibility index (Phi) is 15.6. The topological polar surface area (TPSA) is 113 Å². The Labute approximate surface area is 282 Å². The summed E-state index contributed by atoms with van der Waals surface area (Å²) >= 11 is 0. The molecule has 2 unspecified atom stereocenters. The SMILES string of the molecule is COC1=C(OC)C(O)C(CCCCCCCCCC[P+](c2ccccc2)(c2ccccc2)c2ccccc2)=C(C)C1O.CS(=O)(=O)O. The largest absolute Gasteiger partial charge is 0.494 e. The molecule has 2 atom stereocenters. The molecule has 4 rings (SSSR count). The molecule has 0 aliphatic heterocycles. The van der Waals surface area contributed by atoms with E-state index in [1.54, 1.807) is 0 Å². The van der Waals surface area contributed by atoms with Gasteiger partial charge in [0.1, 0.15) is 35.4 Å². The molecule has 0 amide bonds. The van der Waals surface area contributed by atoms with Crippen molar-refractivity contribution in [1.29, 1.82) is 0 Å². The van der Waals surface area contributed by atoms with Crippen LogP contribution in [0.4, 0.5) is 0 Å². The fourth-order valence-electron chi connectivity index (χ4n) is 6.38. The van der Waals surface area contributed by atoms with E-state index >= 15 is 0 Å². The molecule has 0 bridgehead atoms. The molecule has 256 valence electrons. The van der Waals surface area contributed by atoms with E-state index in [0.29, 0.717) is 17.8 Å². The lowest BCUT2D eigenvalue weighted by molar-refractivity contribution is 0.0785. The van der Waals surface area contributed by atoms with Gasteiger partial charge >= 0.3 is 0 Å². The van der Waals surface area contributed by atoms with Crippen LogP contribution in [0.25, 0.3) is 0 Å². The fraction of sp³-hybridized carbons (Fsp3) is 0.421. The number of hydrogen-bond acceptors (Lipinski definition) is 6. The first-order chi connectivity index (χ1) is 22.5. The third-order valence-corrected chi connectivity index (χ3v) is 13.2. The molecular formula is C38H52O7PS+. The Morgan fingerprint density at radius 1 is 0.617 bits per heavy atom. The van der Waals surface area contributed by atoms with Gasteiger partial charge in [-0.25, -0.2) is 0 Å². The van der Waals surface area contributed by atoms with Gasteiger partial charge < -0.3 is 19.7 Å². The monoisotopic (exact) mass is 683 g/mol. The standard InChI is InChI=1S/C37H48O4P.CH4O3S/c1-29-33(35(39)37(41-3)36(40-2)34(29)38)27-19-8-6-4-5-7-9-20-28-42(30-21-13-10-14-22-30,31-23-15-11-16-24-31)32-25-17-12-18-26-32;1-5(2,3)4/h10-18,21-26,34-35,38-39H,4-9,19-20,27-28H2,1-3H3;1H3,(H,2,3,4)/q+1;. The maximum atomic E-state index is 10.8. The molecule has 0 fully saturated rings. The molecule has 9 heteroatoms. The van der Waals surface area contributed by atoms with E-state index in [9.17, 15) is 18.6 Å². The third-order valence-electron chi connectivity index (χ3n) is 8.71. The first-order valence-corrected chi connectivity index (χ1v) is 20.2. The molecular weight excluding hydrogens is 631 g/mol. The highest BCUT2D eigenvalue weighted by Gasteiger charge is 2.44. The second-order valence-corrected chi connectivity index (χ2v) is 17.1. The number of hydrogen-bond donors (Lipinski definition) is 3. The molecule has 3 aromatic rings. The van der Waals surface area contributed by atoms with Crippen molar-refractivity contribution in [2.45, 2.75) is 76.9 Å². The van der Waals surface area contributed by atoms with Gasteiger partial charge in [0.05, 0.1) is 26.6 Å². The first-order valence-electron chi connectivity index (χ1n) is 16.4. The van der Waals surface area contributed by atoms with Crippen LogP contribution in [0, 0.1) is 0 Å². The Morgan fingerprint density at radius 3 is 1.34 bits per heavy atom. The van der Waals surface area contributed by atoms with Gasteiger partial charge in [0.15, 0.2) is 11.5 Å². The fourth-order valence-corrected chi connectivity index (χ4v) is 10.8. The van der Waals surface area contributed by atoms with Crippen LogP contribution in [-0.2, 0) is 19.6 Å². The quantitative estimate of drug-likeness (QED) is 0.0679. The lowest BCUT2D eigenvalue weighted by Crippen LogP contribution is -2.33. The molecule has 0 saturated carbocycles. The van der Waals surface area contributed by atoms with Crippen LogP contribution in [0.15, 0.2) is 114 Å². The third kappa shape index (κ3) is 11.0. The van der Waals surface area contributed by atoms with Gasteiger partial charge in [-0.1, -0.05) is 86.7 Å². The highest BCUT2D eigenvalue weighted by Crippen LogP contribution is 2.56. The molecule has 1 aliphatic rings. The van der Waals surface area contributed by atoms with E-state index in [1.807, 2.05) is 6.92 Å². The van der Waals surface area contributed by atoms with Gasteiger partial charge in [0.2, 0.25) is 0 Å². The summed E-state index contributed by atoms with van der Waals surface area (Å²) in [5.74, 6) is 0.630. The van der Waals surface area contributed by atoms with Crippen molar-refractivity contribution in [2.24, 2.45) is 0 Å². The predicted molar refractivity (Wildman–Crippen MR) is 195 cm³/mol. The minimum atomic E-state index is -3.67. The normalized spacial score (nSPS) is 16.8. The average molecular weight is 684 g/mol. The molecule has 7 nitrogen and oxygen atoms in total. The summed E-state index contributed by atoms with van der Waals surface area (Å²) in [5.41, 5.74) is 1.64. The van der Waals surface area contributed by atoms with Gasteiger partial charge in [-0.05, 0) is 80.2 Å². The predicted octanol–water partition coefficient (Wildman–Crippen LogP) is 6.55. The van der Waals surface area contributed by atoms with E-state index < -0.39 is 29.6 Å². The molecule has 0 saturated heterocycles. The van der Waals surface area contributed by atoms with Crippen molar-refractivity contribution < 1.29 is 32.7 Å². The Morgan fingerprint density at radius 2 is 0.957 bits per heavy atom. The van der Waals surface area contributed by atoms with Crippen LogP contribution in [0.5, 0.6) is 0 Å². The molecule has 0 heterocycles. The molecule has 0 radical (unpaired) electrons. The number of methoxy groups -OCH3 is 2. The van der Waals surface area contributed by atoms with E-state index in [-0.39, 0.29) is 0 Å². The molecule has 0 spiro atoms. The minimum absolute atomic E-state index is 0.307. The van der Waals surface area contributed by atoms with Crippen molar-refractivity contribution in [3.63, 3.8) is 0 Å². The van der Waals surface area contributed by atoms with Gasteiger partial charge in [0.25, 0.3) is 10.1 Å². The van der Waals surface area contributed by atoms with E-state index in [0.717, 1.165) is 30.4 Å². The average Bonchev–Trinajstić information content (AvgIpc) is 3.07. The van der Waals surface area contributed by atoms with Gasteiger partial charge in [0, 0.05) is 0 Å². The van der Waals surface area contributed by atoms with Crippen LogP contribution in [0.1, 0.15) is 64.7 Å². The van der Waals surface area contributed by atoms with Crippen molar-refractivity contribution in [1.82, 2.24) is 0 Å². The summed E-state index contributed by atoms with van der Waals surface area (Å²) in [7, 11) is -2.39. The molecule has 0 aromatic heterocycles. The Balaban J connectivity index is 0.00000111. The van der Waals surface area contributed by atoms with E-state index in [2.05, 4.69) is 91.0 Å². The van der Waals surface area contributed by atoms with Crippen LogP contribution in [0.2, 0.25) is 0 Å². The molecule has 3 N–H and O–H groups in total. The minimum Gasteiger partial charge on any atom is -0.494 e. The van der Waals surface area contributed by atoms with E-state index in [1.165, 1.54) is 74.8 Å². The summed E-state index contributed by atoms with van der Waals surface area (Å²) in [4.78, 5) is 0. The van der Waals surface area contributed by atoms with Crippen molar-refractivity contribution in [3.05, 3.63) is 114 Å². The van der Waals surface area contributed by atoms with Gasteiger partial charge in [-0.2, -0.15) is 8.42 Å². The van der Waals surface area contributed by atoms with Crippen LogP contribution >= 0.6 is 7.26 Å². The molecule has 47 heavy (non-hydrogen) atoms. The number of benzene rings is 3. The molecule has 3 aromatic carbocycles. The highest BCUT2D eigenvalue weighted by atomic mass is 32.2. The summed E-state index contributed by atoms with van der Waals surface area (Å²) < 4.78 is 36.5. The highest BCUT2D eigenvalue weighted by molar-refractivity contribution is 7.95. The number of aliphatic hydroxyl groups is 2. The zero-order valence-corrected chi connectivity index (χ0v) is 29.9. The van der Waals surface area contributed by atoms with Crippen LogP contribution in [-0.4, -0.2) is 62.0 Å². The number of rotatable bonds is 16. The Bertz CT molecular complexity index is 1420. The Hall–Kier alpha value is -3.00. The maximum Gasteiger partial charge on any atom is 0.261 e. The molecule has 1 aliphatic carbocycles. The first kappa shape index (κ1) is 38.4. The summed E-state index contributed by atoms with van der Waals surface area (Å²) in [6.45, 7) is 1.87. The summed E-state index contributed by atoms with van der Waals surface area (Å²) in [5, 5.41) is 25.8. The lowest BCUT2D eigenvalue weighted by Gasteiger charge is -2.30. The zero-order valence-electron chi connectivity index (χ0n) is 28.2. The second-order valence-electron chi connectivity index (χ2n) is 12.0. The van der Waals surface area contributed by atoms with E-state index in [4.69, 9.17) is 14.0 Å². The number of ether oxygens (including phenoxy) is 2. The van der Waals surface area contributed by atoms with Gasteiger partial charge in [-0.3, -0.25) is 4.55 Å². The smallest absolute Gasteiger partial charge is 0.261 e. The van der Waals surface area contributed by atoms with Crippen molar-refractivity contribution >= 4 is 33.3 Å². The van der Waals surface area contributed by atoms with Crippen LogP contribution in [0.3, 0.4) is 0 Å². The number of unbranched alkanes of at least 4 members (excludes halogenated alkanes) is 7. The maximum absolute atomic E-state index is 10.8. The second kappa shape index (κ2) is 19.1. The van der Waals surface area contributed by atoms with Gasteiger partial charge in [-0.15, -0.1) is 0 Å². The van der Waals surface area contributed by atoms with Crippen molar-refractivity contribution in [3.8, 4) is 0 Å². The van der Waals surface area contributed by atoms with Crippen molar-refractivity contribution in [2.75, 3.05) is 26.6 Å². The number of aliphatic hydroxyl groups excluding tert-OH is 2.